The molecule has 0 aliphatic carbocycles. The van der Waals surface area contributed by atoms with Crippen molar-refractivity contribution in [2.75, 3.05) is 6.54 Å². The molecule has 3 nitrogen and oxygen atoms in total. The number of hydrogen-bond donors (Lipinski definition) is 2. The molecule has 0 saturated carbocycles. The lowest BCUT2D eigenvalue weighted by molar-refractivity contribution is -0.122. The minimum absolute atomic E-state index is 0.171. The minimum atomic E-state index is -0.510. The van der Waals surface area contributed by atoms with Gasteiger partial charge in [0.05, 0.1) is 6.04 Å². The number of carbonyl (C=O) groups excluding carboxylic acids is 1. The Morgan fingerprint density at radius 1 is 1.43 bits per heavy atom. The fourth-order valence-electron chi connectivity index (χ4n) is 2.19. The maximum atomic E-state index is 13.1. The SMILES string of the molecule is CC(C)C[C@H](N)C(=O)NCC(C)(C)c1ccc(F)cc1Cl. The molecule has 1 amide bonds. The Morgan fingerprint density at radius 2 is 2.05 bits per heavy atom. The summed E-state index contributed by atoms with van der Waals surface area (Å²) >= 11 is 6.08. The largest absolute Gasteiger partial charge is 0.354 e. The summed E-state index contributed by atoms with van der Waals surface area (Å²) in [6.07, 6.45) is 0.642. The predicted octanol–water partition coefficient (Wildman–Crippen LogP) is 3.25. The molecule has 0 spiro atoms. The third-order valence-corrected chi connectivity index (χ3v) is 3.74. The Morgan fingerprint density at radius 3 is 2.57 bits per heavy atom. The van der Waals surface area contributed by atoms with Crippen LogP contribution < -0.4 is 11.1 Å². The summed E-state index contributed by atoms with van der Waals surface area (Å²) in [5.74, 6) is -0.178. The van der Waals surface area contributed by atoms with Gasteiger partial charge in [-0.15, -0.1) is 0 Å². The number of nitrogens with two attached hydrogens (primary N) is 1. The van der Waals surface area contributed by atoms with Crippen molar-refractivity contribution in [3.8, 4) is 0 Å². The molecule has 0 fully saturated rings. The van der Waals surface area contributed by atoms with E-state index >= 15 is 0 Å². The molecule has 1 rings (SSSR count). The summed E-state index contributed by atoms with van der Waals surface area (Å²) in [6, 6.07) is 3.79. The highest BCUT2D eigenvalue weighted by Gasteiger charge is 2.25. The van der Waals surface area contributed by atoms with Crippen LogP contribution in [-0.4, -0.2) is 18.5 Å². The number of carbonyl (C=O) groups is 1. The standard InChI is InChI=1S/C16H24ClFN2O/c1-10(2)7-14(19)15(21)20-9-16(3,4)12-6-5-11(18)8-13(12)17/h5-6,8,10,14H,7,9,19H2,1-4H3,(H,20,21)/t14-/m0/s1. The molecule has 0 aliphatic heterocycles. The number of nitrogens with one attached hydrogen (secondary N) is 1. The van der Waals surface area contributed by atoms with Gasteiger partial charge in [-0.05, 0) is 30.0 Å². The van der Waals surface area contributed by atoms with E-state index in [9.17, 15) is 9.18 Å². The van der Waals surface area contributed by atoms with Crippen LogP contribution in [0.5, 0.6) is 0 Å². The molecule has 21 heavy (non-hydrogen) atoms. The Bertz CT molecular complexity index is 503. The second-order valence-corrected chi connectivity index (χ2v) is 6.87. The van der Waals surface area contributed by atoms with Crippen molar-refractivity contribution in [3.05, 3.63) is 34.6 Å². The van der Waals surface area contributed by atoms with Crippen LogP contribution >= 0.6 is 11.6 Å². The van der Waals surface area contributed by atoms with E-state index in [-0.39, 0.29) is 11.7 Å². The molecule has 3 N–H and O–H groups in total. The molecule has 5 heteroatoms. The van der Waals surface area contributed by atoms with Gasteiger partial charge in [-0.3, -0.25) is 4.79 Å². The first-order valence-corrected chi connectivity index (χ1v) is 7.50. The highest BCUT2D eigenvalue weighted by molar-refractivity contribution is 6.31. The fourth-order valence-corrected chi connectivity index (χ4v) is 2.61. The predicted molar refractivity (Wildman–Crippen MR) is 84.9 cm³/mol. The summed E-state index contributed by atoms with van der Waals surface area (Å²) in [5, 5.41) is 3.21. The summed E-state index contributed by atoms with van der Waals surface area (Å²) in [6.45, 7) is 8.33. The number of amides is 1. The third-order valence-electron chi connectivity index (χ3n) is 3.43. The minimum Gasteiger partial charge on any atom is -0.354 e. The van der Waals surface area contributed by atoms with Gasteiger partial charge in [-0.25, -0.2) is 4.39 Å². The van der Waals surface area contributed by atoms with Gasteiger partial charge < -0.3 is 11.1 Å². The van der Waals surface area contributed by atoms with Crippen molar-refractivity contribution in [2.45, 2.75) is 45.6 Å². The van der Waals surface area contributed by atoms with Gasteiger partial charge >= 0.3 is 0 Å². The van der Waals surface area contributed by atoms with Crippen molar-refractivity contribution in [2.24, 2.45) is 11.7 Å². The van der Waals surface area contributed by atoms with Gasteiger partial charge in [0.25, 0.3) is 0 Å². The first-order chi connectivity index (χ1) is 9.63. The highest BCUT2D eigenvalue weighted by atomic mass is 35.5. The van der Waals surface area contributed by atoms with Crippen LogP contribution in [0.4, 0.5) is 4.39 Å². The van der Waals surface area contributed by atoms with Gasteiger partial charge in [-0.2, -0.15) is 0 Å². The van der Waals surface area contributed by atoms with E-state index in [1.807, 2.05) is 27.7 Å². The second kappa shape index (κ2) is 7.23. The quantitative estimate of drug-likeness (QED) is 0.847. The summed E-state index contributed by atoms with van der Waals surface area (Å²) < 4.78 is 13.1. The first kappa shape index (κ1) is 17.9. The Kier molecular flexibility index (Phi) is 6.17. The molecule has 1 aromatic rings. The van der Waals surface area contributed by atoms with Crippen LogP contribution in [0.2, 0.25) is 5.02 Å². The molecule has 0 unspecified atom stereocenters. The Balaban J connectivity index is 2.70. The van der Waals surface area contributed by atoms with E-state index in [1.165, 1.54) is 12.1 Å². The number of benzene rings is 1. The molecular formula is C16H24ClFN2O. The van der Waals surface area contributed by atoms with E-state index in [0.29, 0.717) is 23.9 Å². The number of rotatable bonds is 6. The molecule has 118 valence electrons. The molecule has 0 heterocycles. The van der Waals surface area contributed by atoms with Crippen LogP contribution in [0.1, 0.15) is 39.7 Å². The maximum Gasteiger partial charge on any atom is 0.236 e. The van der Waals surface area contributed by atoms with E-state index in [0.717, 1.165) is 5.56 Å². The molecule has 0 radical (unpaired) electrons. The van der Waals surface area contributed by atoms with E-state index in [4.69, 9.17) is 17.3 Å². The lowest BCUT2D eigenvalue weighted by Crippen LogP contribution is -2.45. The van der Waals surface area contributed by atoms with Crippen molar-refractivity contribution in [1.82, 2.24) is 5.32 Å². The normalized spacial score (nSPS) is 13.3. The van der Waals surface area contributed by atoms with Gasteiger partial charge in [0.2, 0.25) is 5.91 Å². The Labute approximate surface area is 131 Å². The smallest absolute Gasteiger partial charge is 0.236 e. The second-order valence-electron chi connectivity index (χ2n) is 6.46. The van der Waals surface area contributed by atoms with Crippen LogP contribution in [-0.2, 0) is 10.2 Å². The van der Waals surface area contributed by atoms with Crippen molar-refractivity contribution >= 4 is 17.5 Å². The van der Waals surface area contributed by atoms with Crippen LogP contribution in [0.25, 0.3) is 0 Å². The topological polar surface area (TPSA) is 55.1 Å². The average Bonchev–Trinajstić information content (AvgIpc) is 2.34. The molecule has 0 aromatic heterocycles. The molecule has 1 aromatic carbocycles. The Hall–Kier alpha value is -1.13. The summed E-state index contributed by atoms with van der Waals surface area (Å²) in [7, 11) is 0. The number of hydrogen-bond acceptors (Lipinski definition) is 2. The first-order valence-electron chi connectivity index (χ1n) is 7.12. The summed E-state index contributed by atoms with van der Waals surface area (Å²) in [4.78, 5) is 12.0. The van der Waals surface area contributed by atoms with Crippen molar-refractivity contribution < 1.29 is 9.18 Å². The van der Waals surface area contributed by atoms with Crippen molar-refractivity contribution in [1.29, 1.82) is 0 Å². The molecule has 0 bridgehead atoms. The average molecular weight is 315 g/mol. The third kappa shape index (κ3) is 5.29. The van der Waals surface area contributed by atoms with Gasteiger partial charge in [0.1, 0.15) is 5.82 Å². The van der Waals surface area contributed by atoms with E-state index in [2.05, 4.69) is 5.32 Å². The molecule has 0 saturated heterocycles. The van der Waals surface area contributed by atoms with Gasteiger partial charge in [0.15, 0.2) is 0 Å². The van der Waals surface area contributed by atoms with Gasteiger partial charge in [0, 0.05) is 17.0 Å². The zero-order valence-electron chi connectivity index (χ0n) is 13.0. The fraction of sp³-hybridized carbons (Fsp3) is 0.562. The van der Waals surface area contributed by atoms with Crippen LogP contribution in [0, 0.1) is 11.7 Å². The lowest BCUT2D eigenvalue weighted by atomic mass is 9.84. The summed E-state index contributed by atoms with van der Waals surface area (Å²) in [5.41, 5.74) is 6.24. The van der Waals surface area contributed by atoms with Crippen LogP contribution in [0.15, 0.2) is 18.2 Å². The molecule has 0 aliphatic rings. The van der Waals surface area contributed by atoms with Crippen molar-refractivity contribution in [3.63, 3.8) is 0 Å². The van der Waals surface area contributed by atoms with E-state index < -0.39 is 11.5 Å². The maximum absolute atomic E-state index is 13.1. The highest BCUT2D eigenvalue weighted by Crippen LogP contribution is 2.29. The van der Waals surface area contributed by atoms with E-state index in [1.54, 1.807) is 6.07 Å². The molecular weight excluding hydrogens is 291 g/mol. The molecule has 1 atom stereocenters. The number of halogens is 2. The van der Waals surface area contributed by atoms with Gasteiger partial charge in [-0.1, -0.05) is 45.4 Å². The monoisotopic (exact) mass is 314 g/mol. The lowest BCUT2D eigenvalue weighted by Gasteiger charge is -2.27. The van der Waals surface area contributed by atoms with Crippen LogP contribution in [0.3, 0.4) is 0 Å². The zero-order valence-corrected chi connectivity index (χ0v) is 13.8. The zero-order chi connectivity index (χ0) is 16.2.